The maximum atomic E-state index is 4.53. The molecule has 1 heterocycles. The Balaban J connectivity index is 2.79. The van der Waals surface area contributed by atoms with Gasteiger partial charge in [-0.1, -0.05) is 34.6 Å². The van der Waals surface area contributed by atoms with Crippen molar-refractivity contribution in [2.24, 2.45) is 5.41 Å². The topological polar surface area (TPSA) is 29.9 Å². The third kappa shape index (κ3) is 3.84. The molecule has 0 radical (unpaired) electrons. The molecule has 0 spiro atoms. The van der Waals surface area contributed by atoms with Crippen molar-refractivity contribution < 1.29 is 0 Å². The normalized spacial score (nSPS) is 13.8. The predicted molar refractivity (Wildman–Crippen MR) is 77.8 cm³/mol. The zero-order chi connectivity index (χ0) is 13.6. The molecule has 104 valence electrons. The van der Waals surface area contributed by atoms with Crippen LogP contribution in [-0.4, -0.2) is 22.1 Å². The van der Waals surface area contributed by atoms with E-state index in [0.29, 0.717) is 11.5 Å². The Kier molecular flexibility index (Phi) is 5.86. The van der Waals surface area contributed by atoms with Gasteiger partial charge in [0.25, 0.3) is 0 Å². The third-order valence-corrected chi connectivity index (χ3v) is 3.96. The second-order valence-corrected chi connectivity index (χ2v) is 5.69. The lowest BCUT2D eigenvalue weighted by molar-refractivity contribution is 0.228. The summed E-state index contributed by atoms with van der Waals surface area (Å²) in [5.74, 6) is 1.21. The van der Waals surface area contributed by atoms with E-state index < -0.39 is 0 Å². The monoisotopic (exact) mass is 251 g/mol. The molecule has 18 heavy (non-hydrogen) atoms. The lowest BCUT2D eigenvalue weighted by Gasteiger charge is -2.34. The van der Waals surface area contributed by atoms with Gasteiger partial charge in [0.15, 0.2) is 0 Å². The number of aromatic nitrogens is 2. The van der Waals surface area contributed by atoms with E-state index in [1.165, 1.54) is 12.2 Å². The Morgan fingerprint density at radius 1 is 1.33 bits per heavy atom. The maximum Gasteiger partial charge on any atom is 0.110 e. The molecular weight excluding hydrogens is 222 g/mol. The molecule has 0 aliphatic heterocycles. The van der Waals surface area contributed by atoms with Gasteiger partial charge in [-0.05, 0) is 24.8 Å². The first kappa shape index (κ1) is 15.2. The first-order valence-electron chi connectivity index (χ1n) is 7.28. The molecule has 1 N–H and O–H groups in total. The summed E-state index contributed by atoms with van der Waals surface area (Å²) < 4.78 is 2.29. The standard InChI is InChI=1S/C15H29N3/c1-6-10-18-11-9-17-14(18)12-13(16-8-3)15(4,5)7-2/h9,11,13,16H,6-8,10,12H2,1-5H3. The lowest BCUT2D eigenvalue weighted by atomic mass is 9.80. The van der Waals surface area contributed by atoms with Gasteiger partial charge >= 0.3 is 0 Å². The minimum Gasteiger partial charge on any atom is -0.335 e. The number of likely N-dealkylation sites (N-methyl/N-ethyl adjacent to an activating group) is 1. The van der Waals surface area contributed by atoms with Gasteiger partial charge in [0.2, 0.25) is 0 Å². The number of hydrogen-bond acceptors (Lipinski definition) is 2. The van der Waals surface area contributed by atoms with Gasteiger partial charge in [-0.25, -0.2) is 4.98 Å². The highest BCUT2D eigenvalue weighted by Crippen LogP contribution is 2.27. The van der Waals surface area contributed by atoms with Gasteiger partial charge in [0, 0.05) is 31.4 Å². The van der Waals surface area contributed by atoms with Crippen LogP contribution in [-0.2, 0) is 13.0 Å². The summed E-state index contributed by atoms with van der Waals surface area (Å²) in [6, 6.07) is 0.491. The number of nitrogens with one attached hydrogen (secondary N) is 1. The van der Waals surface area contributed by atoms with Crippen molar-refractivity contribution in [3.63, 3.8) is 0 Å². The van der Waals surface area contributed by atoms with Crippen molar-refractivity contribution in [1.29, 1.82) is 0 Å². The number of nitrogens with zero attached hydrogens (tertiary/aromatic N) is 2. The Morgan fingerprint density at radius 2 is 2.06 bits per heavy atom. The van der Waals surface area contributed by atoms with E-state index in [4.69, 9.17) is 0 Å². The summed E-state index contributed by atoms with van der Waals surface area (Å²) in [4.78, 5) is 4.53. The van der Waals surface area contributed by atoms with Crippen LogP contribution in [0, 0.1) is 5.41 Å². The van der Waals surface area contributed by atoms with Crippen LogP contribution in [0.25, 0.3) is 0 Å². The molecule has 1 atom stereocenters. The van der Waals surface area contributed by atoms with Gasteiger partial charge in [0.1, 0.15) is 5.82 Å². The number of imidazole rings is 1. The van der Waals surface area contributed by atoms with Gasteiger partial charge in [0.05, 0.1) is 0 Å². The van der Waals surface area contributed by atoms with E-state index in [-0.39, 0.29) is 0 Å². The summed E-state index contributed by atoms with van der Waals surface area (Å²) in [6.45, 7) is 13.4. The summed E-state index contributed by atoms with van der Waals surface area (Å²) in [6.07, 6.45) is 7.38. The number of hydrogen-bond donors (Lipinski definition) is 1. The fraction of sp³-hybridized carbons (Fsp3) is 0.800. The predicted octanol–water partition coefficient (Wildman–Crippen LogP) is 3.25. The fourth-order valence-corrected chi connectivity index (χ4v) is 2.27. The van der Waals surface area contributed by atoms with Crippen LogP contribution in [0.15, 0.2) is 12.4 Å². The molecule has 3 heteroatoms. The van der Waals surface area contributed by atoms with Gasteiger partial charge < -0.3 is 9.88 Å². The highest BCUT2D eigenvalue weighted by Gasteiger charge is 2.28. The van der Waals surface area contributed by atoms with E-state index in [9.17, 15) is 0 Å². The molecule has 0 aliphatic rings. The summed E-state index contributed by atoms with van der Waals surface area (Å²) in [5.41, 5.74) is 0.305. The summed E-state index contributed by atoms with van der Waals surface area (Å²) >= 11 is 0. The van der Waals surface area contributed by atoms with Crippen LogP contribution < -0.4 is 5.32 Å². The highest BCUT2D eigenvalue weighted by atomic mass is 15.1. The quantitative estimate of drug-likeness (QED) is 0.768. The van der Waals surface area contributed by atoms with E-state index in [2.05, 4.69) is 55.7 Å². The van der Waals surface area contributed by atoms with Crippen molar-refractivity contribution in [3.8, 4) is 0 Å². The van der Waals surface area contributed by atoms with Crippen molar-refractivity contribution in [3.05, 3.63) is 18.2 Å². The van der Waals surface area contributed by atoms with Crippen LogP contribution >= 0.6 is 0 Å². The second-order valence-electron chi connectivity index (χ2n) is 5.69. The van der Waals surface area contributed by atoms with Gasteiger partial charge in [-0.15, -0.1) is 0 Å². The molecule has 1 rings (SSSR count). The van der Waals surface area contributed by atoms with Crippen LogP contribution in [0.2, 0.25) is 0 Å². The number of aryl methyl sites for hydroxylation is 1. The maximum absolute atomic E-state index is 4.53. The Hall–Kier alpha value is -0.830. The summed E-state index contributed by atoms with van der Waals surface area (Å²) in [5, 5.41) is 3.63. The Morgan fingerprint density at radius 3 is 2.61 bits per heavy atom. The van der Waals surface area contributed by atoms with E-state index >= 15 is 0 Å². The fourth-order valence-electron chi connectivity index (χ4n) is 2.27. The molecule has 1 aromatic rings. The second kappa shape index (κ2) is 6.93. The third-order valence-electron chi connectivity index (χ3n) is 3.96. The summed E-state index contributed by atoms with van der Waals surface area (Å²) in [7, 11) is 0. The van der Waals surface area contributed by atoms with E-state index in [0.717, 1.165) is 25.9 Å². The molecule has 0 bridgehead atoms. The highest BCUT2D eigenvalue weighted by molar-refractivity contribution is 4.99. The molecule has 0 amide bonds. The van der Waals surface area contributed by atoms with E-state index in [1.807, 2.05) is 6.20 Å². The first-order chi connectivity index (χ1) is 8.55. The molecule has 0 fully saturated rings. The van der Waals surface area contributed by atoms with Crippen molar-refractivity contribution in [2.75, 3.05) is 6.54 Å². The van der Waals surface area contributed by atoms with Gasteiger partial charge in [-0.2, -0.15) is 0 Å². The number of rotatable bonds is 8. The molecule has 1 aromatic heterocycles. The average molecular weight is 251 g/mol. The molecule has 0 saturated carbocycles. The minimum atomic E-state index is 0.305. The minimum absolute atomic E-state index is 0.305. The molecule has 3 nitrogen and oxygen atoms in total. The van der Waals surface area contributed by atoms with Crippen molar-refractivity contribution >= 4 is 0 Å². The molecule has 0 aromatic carbocycles. The van der Waals surface area contributed by atoms with Gasteiger partial charge in [-0.3, -0.25) is 0 Å². The van der Waals surface area contributed by atoms with E-state index in [1.54, 1.807) is 0 Å². The Labute approximate surface area is 112 Å². The van der Waals surface area contributed by atoms with Crippen LogP contribution in [0.3, 0.4) is 0 Å². The molecule has 0 aliphatic carbocycles. The molecular formula is C15H29N3. The van der Waals surface area contributed by atoms with Crippen LogP contribution in [0.4, 0.5) is 0 Å². The van der Waals surface area contributed by atoms with Crippen molar-refractivity contribution in [2.45, 2.75) is 66.5 Å². The molecule has 1 unspecified atom stereocenters. The lowest BCUT2D eigenvalue weighted by Crippen LogP contribution is -2.43. The first-order valence-corrected chi connectivity index (χ1v) is 7.28. The zero-order valence-electron chi connectivity index (χ0n) is 12.7. The largest absolute Gasteiger partial charge is 0.335 e. The van der Waals surface area contributed by atoms with Crippen LogP contribution in [0.1, 0.15) is 53.3 Å². The average Bonchev–Trinajstić information content (AvgIpc) is 2.77. The van der Waals surface area contributed by atoms with Crippen molar-refractivity contribution in [1.82, 2.24) is 14.9 Å². The Bertz CT molecular complexity index is 341. The smallest absolute Gasteiger partial charge is 0.110 e. The zero-order valence-corrected chi connectivity index (χ0v) is 12.7. The SMILES string of the molecule is CCCn1ccnc1CC(NCC)C(C)(C)CC. The van der Waals surface area contributed by atoms with Crippen LogP contribution in [0.5, 0.6) is 0 Å². The molecule has 0 saturated heterocycles.